The van der Waals surface area contributed by atoms with Gasteiger partial charge in [0, 0.05) is 30.9 Å². The summed E-state index contributed by atoms with van der Waals surface area (Å²) in [5.41, 5.74) is 1.08. The highest BCUT2D eigenvalue weighted by molar-refractivity contribution is 5.94. The number of rotatable bonds is 6. The molecule has 2 fully saturated rings. The monoisotopic (exact) mass is 411 g/mol. The van der Waals surface area contributed by atoms with Crippen LogP contribution in [0.5, 0.6) is 0 Å². The van der Waals surface area contributed by atoms with Crippen molar-refractivity contribution in [2.45, 2.75) is 18.9 Å². The van der Waals surface area contributed by atoms with Crippen LogP contribution in [0.15, 0.2) is 54.6 Å². The summed E-state index contributed by atoms with van der Waals surface area (Å²) < 4.78 is 19.5. The highest BCUT2D eigenvalue weighted by Crippen LogP contribution is 2.30. The van der Waals surface area contributed by atoms with E-state index in [0.717, 1.165) is 18.5 Å². The quantitative estimate of drug-likeness (QED) is 0.790. The number of nitrogens with zero attached hydrogens (tertiary/aromatic N) is 2. The fourth-order valence-corrected chi connectivity index (χ4v) is 3.64. The second-order valence-electron chi connectivity index (χ2n) is 7.90. The summed E-state index contributed by atoms with van der Waals surface area (Å²) in [6, 6.07) is 14.9. The van der Waals surface area contributed by atoms with Crippen molar-refractivity contribution in [2.24, 2.45) is 5.92 Å². The molecule has 6 nitrogen and oxygen atoms in total. The van der Waals surface area contributed by atoms with Gasteiger partial charge in [0.15, 0.2) is 0 Å². The first kappa shape index (κ1) is 20.3. The van der Waals surface area contributed by atoms with E-state index in [9.17, 15) is 14.0 Å². The third-order valence-corrected chi connectivity index (χ3v) is 5.41. The Hall–Kier alpha value is -2.93. The van der Waals surface area contributed by atoms with Crippen LogP contribution in [-0.4, -0.2) is 60.6 Å². The largest absolute Gasteiger partial charge is 0.373 e. The van der Waals surface area contributed by atoms with Gasteiger partial charge in [-0.3, -0.25) is 4.79 Å². The van der Waals surface area contributed by atoms with Gasteiger partial charge >= 0.3 is 6.03 Å². The van der Waals surface area contributed by atoms with Crippen LogP contribution in [0, 0.1) is 11.7 Å². The second kappa shape index (κ2) is 9.26. The minimum absolute atomic E-state index is 0.181. The van der Waals surface area contributed by atoms with Crippen LogP contribution in [0.3, 0.4) is 0 Å². The highest BCUT2D eigenvalue weighted by Gasteiger charge is 2.31. The lowest BCUT2D eigenvalue weighted by Gasteiger charge is -2.36. The maximum absolute atomic E-state index is 13.6. The molecule has 0 spiro atoms. The SMILES string of the molecule is O=C(Nc1ccccc1)N1CCO[C@@H](CN(CC2CC2)C(=O)c2cccc(F)c2)C1. The maximum atomic E-state index is 13.6. The number of halogens is 1. The molecule has 1 atom stereocenters. The molecule has 1 saturated carbocycles. The number of hydrogen-bond donors (Lipinski definition) is 1. The average molecular weight is 411 g/mol. The Labute approximate surface area is 175 Å². The number of amides is 3. The van der Waals surface area contributed by atoms with Gasteiger partial charge in [-0.1, -0.05) is 24.3 Å². The predicted molar refractivity (Wildman–Crippen MR) is 112 cm³/mol. The standard InChI is InChI=1S/C23H26FN3O3/c24-19-6-4-5-18(13-19)22(28)27(14-17-9-10-17)16-21-15-26(11-12-30-21)23(29)25-20-7-2-1-3-8-20/h1-8,13,17,21H,9-12,14-16H2,(H,25,29)/t21-/m1/s1. The number of anilines is 1. The van der Waals surface area contributed by atoms with Crippen LogP contribution in [0.2, 0.25) is 0 Å². The molecule has 1 aliphatic carbocycles. The van der Waals surface area contributed by atoms with E-state index in [4.69, 9.17) is 4.74 Å². The number of benzene rings is 2. The molecule has 7 heteroatoms. The first-order valence-corrected chi connectivity index (χ1v) is 10.4. The van der Waals surface area contributed by atoms with Crippen LogP contribution >= 0.6 is 0 Å². The zero-order valence-electron chi connectivity index (χ0n) is 16.8. The number of hydrogen-bond acceptors (Lipinski definition) is 3. The minimum atomic E-state index is -0.426. The number of ether oxygens (including phenoxy) is 1. The van der Waals surface area contributed by atoms with E-state index < -0.39 is 5.82 Å². The van der Waals surface area contributed by atoms with E-state index in [-0.39, 0.29) is 18.0 Å². The fourth-order valence-electron chi connectivity index (χ4n) is 3.64. The summed E-state index contributed by atoms with van der Waals surface area (Å²) in [6.45, 7) is 2.32. The first-order valence-electron chi connectivity index (χ1n) is 10.4. The number of nitrogens with one attached hydrogen (secondary N) is 1. The van der Waals surface area contributed by atoms with Crippen molar-refractivity contribution >= 4 is 17.6 Å². The summed E-state index contributed by atoms with van der Waals surface area (Å²) in [6.07, 6.45) is 1.92. The molecule has 0 radical (unpaired) electrons. The van der Waals surface area contributed by atoms with Crippen molar-refractivity contribution in [3.63, 3.8) is 0 Å². The lowest BCUT2D eigenvalue weighted by molar-refractivity contribution is -0.0266. The normalized spacial score (nSPS) is 18.7. The highest BCUT2D eigenvalue weighted by atomic mass is 19.1. The molecule has 0 unspecified atom stereocenters. The predicted octanol–water partition coefficient (Wildman–Crippen LogP) is 3.61. The molecule has 1 saturated heterocycles. The third kappa shape index (κ3) is 5.36. The van der Waals surface area contributed by atoms with Gasteiger partial charge in [0.05, 0.1) is 19.3 Å². The Balaban J connectivity index is 1.39. The molecule has 2 aromatic rings. The van der Waals surface area contributed by atoms with E-state index in [1.54, 1.807) is 21.9 Å². The molecule has 1 heterocycles. The van der Waals surface area contributed by atoms with Crippen molar-refractivity contribution in [3.8, 4) is 0 Å². The summed E-state index contributed by atoms with van der Waals surface area (Å²) in [7, 11) is 0. The van der Waals surface area contributed by atoms with E-state index in [0.29, 0.717) is 44.3 Å². The van der Waals surface area contributed by atoms with Crippen LogP contribution in [0.1, 0.15) is 23.2 Å². The van der Waals surface area contributed by atoms with E-state index >= 15 is 0 Å². The lowest BCUT2D eigenvalue weighted by atomic mass is 10.1. The van der Waals surface area contributed by atoms with E-state index in [1.807, 2.05) is 30.3 Å². The summed E-state index contributed by atoms with van der Waals surface area (Å²) in [4.78, 5) is 29.1. The van der Waals surface area contributed by atoms with Gasteiger partial charge in [-0.05, 0) is 49.1 Å². The van der Waals surface area contributed by atoms with Crippen molar-refractivity contribution in [1.29, 1.82) is 0 Å². The Kier molecular flexibility index (Phi) is 6.28. The average Bonchev–Trinajstić information content (AvgIpc) is 3.58. The third-order valence-electron chi connectivity index (χ3n) is 5.41. The molecule has 158 valence electrons. The zero-order chi connectivity index (χ0) is 20.9. The summed E-state index contributed by atoms with van der Waals surface area (Å²) in [5, 5.41) is 2.89. The van der Waals surface area contributed by atoms with Gasteiger partial charge in [0.1, 0.15) is 5.82 Å². The molecular formula is C23H26FN3O3. The molecule has 0 bridgehead atoms. The Morgan fingerprint density at radius 1 is 1.10 bits per heavy atom. The van der Waals surface area contributed by atoms with Crippen molar-refractivity contribution < 1.29 is 18.7 Å². The van der Waals surface area contributed by atoms with Crippen LogP contribution < -0.4 is 5.32 Å². The fraction of sp³-hybridized carbons (Fsp3) is 0.391. The second-order valence-corrected chi connectivity index (χ2v) is 7.90. The molecule has 1 aliphatic heterocycles. The Bertz CT molecular complexity index is 888. The molecule has 1 N–H and O–H groups in total. The van der Waals surface area contributed by atoms with Gasteiger partial charge in [0.25, 0.3) is 5.91 Å². The number of carbonyl (C=O) groups excluding carboxylic acids is 2. The molecule has 3 amide bonds. The van der Waals surface area contributed by atoms with Gasteiger partial charge in [-0.25, -0.2) is 9.18 Å². The zero-order valence-corrected chi connectivity index (χ0v) is 16.8. The van der Waals surface area contributed by atoms with Crippen LogP contribution in [-0.2, 0) is 4.74 Å². The molecule has 2 aromatic carbocycles. The molecule has 0 aromatic heterocycles. The Morgan fingerprint density at radius 3 is 2.63 bits per heavy atom. The number of carbonyl (C=O) groups is 2. The van der Waals surface area contributed by atoms with Gasteiger partial charge in [0.2, 0.25) is 0 Å². The summed E-state index contributed by atoms with van der Waals surface area (Å²) >= 11 is 0. The number of para-hydroxylation sites is 1. The van der Waals surface area contributed by atoms with Gasteiger partial charge in [-0.2, -0.15) is 0 Å². The van der Waals surface area contributed by atoms with Crippen LogP contribution in [0.4, 0.5) is 14.9 Å². The minimum Gasteiger partial charge on any atom is -0.373 e. The maximum Gasteiger partial charge on any atom is 0.322 e. The summed E-state index contributed by atoms with van der Waals surface area (Å²) in [5.74, 6) is -0.135. The van der Waals surface area contributed by atoms with E-state index in [1.165, 1.54) is 12.1 Å². The smallest absolute Gasteiger partial charge is 0.322 e. The van der Waals surface area contributed by atoms with Crippen molar-refractivity contribution in [3.05, 3.63) is 66.0 Å². The van der Waals surface area contributed by atoms with Gasteiger partial charge in [-0.15, -0.1) is 0 Å². The Morgan fingerprint density at radius 2 is 1.90 bits per heavy atom. The molecule has 4 rings (SSSR count). The van der Waals surface area contributed by atoms with Crippen molar-refractivity contribution in [1.82, 2.24) is 9.80 Å². The number of morpholine rings is 1. The molecule has 30 heavy (non-hydrogen) atoms. The lowest BCUT2D eigenvalue weighted by Crippen LogP contribution is -2.51. The first-order chi connectivity index (χ1) is 14.6. The topological polar surface area (TPSA) is 61.9 Å². The molecule has 2 aliphatic rings. The van der Waals surface area contributed by atoms with Crippen molar-refractivity contribution in [2.75, 3.05) is 38.1 Å². The van der Waals surface area contributed by atoms with Gasteiger partial charge < -0.3 is 19.9 Å². The molecular weight excluding hydrogens is 385 g/mol. The van der Waals surface area contributed by atoms with E-state index in [2.05, 4.69) is 5.32 Å². The van der Waals surface area contributed by atoms with Crippen LogP contribution in [0.25, 0.3) is 0 Å². The number of urea groups is 1.